The molecule has 0 saturated heterocycles. The van der Waals surface area contributed by atoms with E-state index < -0.39 is 12.1 Å². The summed E-state index contributed by atoms with van der Waals surface area (Å²) in [7, 11) is 0. The van der Waals surface area contributed by atoms with E-state index in [1.165, 1.54) is 11.3 Å². The molecule has 0 spiro atoms. The minimum Gasteiger partial charge on any atom is -0.479 e. The van der Waals surface area contributed by atoms with Gasteiger partial charge in [0.1, 0.15) is 0 Å². The van der Waals surface area contributed by atoms with Crippen molar-refractivity contribution in [2.45, 2.75) is 12.5 Å². The summed E-state index contributed by atoms with van der Waals surface area (Å²) in [5.74, 6) is -0.911. The first-order valence-electron chi connectivity index (χ1n) is 3.80. The molecule has 0 amide bonds. The average molecular weight is 263 g/mol. The smallest absolute Gasteiger partial charge is 0.337 e. The summed E-state index contributed by atoms with van der Waals surface area (Å²) in [6.07, 6.45) is 0.0229. The lowest BCUT2D eigenvalue weighted by Crippen LogP contribution is -2.21. The van der Waals surface area contributed by atoms with E-state index in [-0.39, 0.29) is 0 Å². The maximum absolute atomic E-state index is 10.8. The molecule has 1 aliphatic rings. The second-order valence-corrected chi connectivity index (χ2v) is 4.98. The van der Waals surface area contributed by atoms with Crippen LogP contribution >= 0.6 is 27.3 Å². The van der Waals surface area contributed by atoms with Gasteiger partial charge in [-0.2, -0.15) is 0 Å². The van der Waals surface area contributed by atoms with Crippen LogP contribution in [-0.2, 0) is 16.0 Å². The molecule has 1 aromatic heterocycles. The van der Waals surface area contributed by atoms with Gasteiger partial charge in [-0.1, -0.05) is 0 Å². The van der Waals surface area contributed by atoms with Gasteiger partial charge < -0.3 is 9.84 Å². The highest BCUT2D eigenvalue weighted by Crippen LogP contribution is 2.36. The monoisotopic (exact) mass is 262 g/mol. The number of halogens is 1. The molecule has 0 saturated carbocycles. The molecule has 5 heteroatoms. The molecule has 70 valence electrons. The van der Waals surface area contributed by atoms with Crippen LogP contribution in [0.1, 0.15) is 17.2 Å². The number of ether oxygens (including phenoxy) is 1. The van der Waals surface area contributed by atoms with Crippen LogP contribution in [0.4, 0.5) is 0 Å². The normalized spacial score (nSPS) is 21.2. The zero-order valence-electron chi connectivity index (χ0n) is 6.62. The summed E-state index contributed by atoms with van der Waals surface area (Å²) in [6, 6.07) is 0. The van der Waals surface area contributed by atoms with E-state index in [0.717, 1.165) is 21.3 Å². The molecule has 1 aromatic rings. The third-order valence-electron chi connectivity index (χ3n) is 2.02. The van der Waals surface area contributed by atoms with Crippen molar-refractivity contribution in [2.75, 3.05) is 6.61 Å². The van der Waals surface area contributed by atoms with Gasteiger partial charge in [-0.3, -0.25) is 0 Å². The molecule has 1 N–H and O–H groups in total. The quantitative estimate of drug-likeness (QED) is 0.844. The second-order valence-electron chi connectivity index (χ2n) is 2.78. The molecule has 2 rings (SSSR count). The van der Waals surface area contributed by atoms with Crippen molar-refractivity contribution >= 4 is 33.2 Å². The Labute approximate surface area is 87.5 Å². The van der Waals surface area contributed by atoms with Crippen LogP contribution in [-0.4, -0.2) is 17.7 Å². The predicted octanol–water partition coefficient (Wildman–Crippen LogP) is 2.21. The third kappa shape index (κ3) is 1.51. The zero-order chi connectivity index (χ0) is 9.42. The van der Waals surface area contributed by atoms with Crippen LogP contribution in [0.5, 0.6) is 0 Å². The molecule has 3 nitrogen and oxygen atoms in total. The standard InChI is InChI=1S/C8H7BrO3S/c9-7-4-1-2-12-6(8(10)11)5(4)3-13-7/h3,6H,1-2H2,(H,10,11). The first kappa shape index (κ1) is 9.18. The summed E-state index contributed by atoms with van der Waals surface area (Å²) >= 11 is 4.91. The fourth-order valence-electron chi connectivity index (χ4n) is 1.41. The number of aliphatic carboxylic acids is 1. The van der Waals surface area contributed by atoms with E-state index in [1.807, 2.05) is 5.38 Å². The first-order chi connectivity index (χ1) is 6.20. The first-order valence-corrected chi connectivity index (χ1v) is 5.47. The van der Waals surface area contributed by atoms with Gasteiger partial charge >= 0.3 is 5.97 Å². The Morgan fingerprint density at radius 1 is 1.77 bits per heavy atom. The number of fused-ring (bicyclic) bond motifs is 1. The molecular weight excluding hydrogens is 256 g/mol. The van der Waals surface area contributed by atoms with Crippen LogP contribution in [0.15, 0.2) is 9.17 Å². The van der Waals surface area contributed by atoms with E-state index in [2.05, 4.69) is 15.9 Å². The number of carboxylic acid groups (broad SMARTS) is 1. The Morgan fingerprint density at radius 3 is 3.23 bits per heavy atom. The van der Waals surface area contributed by atoms with Gasteiger partial charge in [0, 0.05) is 5.56 Å². The molecule has 0 fully saturated rings. The van der Waals surface area contributed by atoms with E-state index in [4.69, 9.17) is 9.84 Å². The lowest BCUT2D eigenvalue weighted by molar-refractivity contribution is -0.151. The Balaban J connectivity index is 2.43. The minimum absolute atomic E-state index is 0.485. The van der Waals surface area contributed by atoms with Gasteiger partial charge in [0.25, 0.3) is 0 Å². The molecule has 1 atom stereocenters. The maximum Gasteiger partial charge on any atom is 0.337 e. The molecule has 0 aromatic carbocycles. The van der Waals surface area contributed by atoms with Gasteiger partial charge in [-0.25, -0.2) is 4.79 Å². The average Bonchev–Trinajstić information content (AvgIpc) is 2.48. The van der Waals surface area contributed by atoms with Crippen molar-refractivity contribution in [3.05, 3.63) is 20.3 Å². The number of hydrogen-bond acceptors (Lipinski definition) is 3. The van der Waals surface area contributed by atoms with Crippen LogP contribution in [0.25, 0.3) is 0 Å². The summed E-state index contributed by atoms with van der Waals surface area (Å²) in [6.45, 7) is 0.485. The van der Waals surface area contributed by atoms with E-state index >= 15 is 0 Å². The van der Waals surface area contributed by atoms with Crippen LogP contribution in [0, 0.1) is 0 Å². The van der Waals surface area contributed by atoms with Crippen molar-refractivity contribution in [3.8, 4) is 0 Å². The molecule has 2 heterocycles. The summed E-state index contributed by atoms with van der Waals surface area (Å²) in [5, 5.41) is 10.7. The lowest BCUT2D eigenvalue weighted by Gasteiger charge is -2.19. The molecule has 0 bridgehead atoms. The van der Waals surface area contributed by atoms with E-state index in [9.17, 15) is 4.79 Å². The number of carbonyl (C=O) groups is 1. The van der Waals surface area contributed by atoms with E-state index in [1.54, 1.807) is 0 Å². The molecule has 0 aliphatic carbocycles. The molecular formula is C8H7BrO3S. The van der Waals surface area contributed by atoms with Crippen molar-refractivity contribution in [1.29, 1.82) is 0 Å². The van der Waals surface area contributed by atoms with Crippen LogP contribution in [0.3, 0.4) is 0 Å². The van der Waals surface area contributed by atoms with Gasteiger partial charge in [-0.05, 0) is 33.3 Å². The number of thiophene rings is 1. The fourth-order valence-corrected chi connectivity index (χ4v) is 2.97. The Bertz CT molecular complexity index is 347. The lowest BCUT2D eigenvalue weighted by atomic mass is 10.0. The molecule has 1 aliphatic heterocycles. The Hall–Kier alpha value is -0.390. The Kier molecular flexibility index (Phi) is 2.40. The molecule has 1 unspecified atom stereocenters. The second kappa shape index (κ2) is 3.40. The predicted molar refractivity (Wildman–Crippen MR) is 52.1 cm³/mol. The largest absolute Gasteiger partial charge is 0.479 e. The van der Waals surface area contributed by atoms with Gasteiger partial charge in [0.15, 0.2) is 6.10 Å². The highest BCUT2D eigenvalue weighted by molar-refractivity contribution is 9.11. The summed E-state index contributed by atoms with van der Waals surface area (Å²) in [5.41, 5.74) is 1.89. The van der Waals surface area contributed by atoms with Gasteiger partial charge in [0.2, 0.25) is 0 Å². The van der Waals surface area contributed by atoms with Gasteiger partial charge in [-0.15, -0.1) is 11.3 Å². The van der Waals surface area contributed by atoms with Crippen LogP contribution in [0.2, 0.25) is 0 Å². The van der Waals surface area contributed by atoms with Crippen molar-refractivity contribution in [2.24, 2.45) is 0 Å². The molecule has 0 radical (unpaired) electrons. The fraction of sp³-hybridized carbons (Fsp3) is 0.375. The summed E-state index contributed by atoms with van der Waals surface area (Å²) in [4.78, 5) is 10.8. The third-order valence-corrected chi connectivity index (χ3v) is 3.88. The van der Waals surface area contributed by atoms with Crippen LogP contribution < -0.4 is 0 Å². The number of hydrogen-bond donors (Lipinski definition) is 1. The zero-order valence-corrected chi connectivity index (χ0v) is 9.02. The topological polar surface area (TPSA) is 46.5 Å². The highest BCUT2D eigenvalue weighted by Gasteiger charge is 2.29. The van der Waals surface area contributed by atoms with Crippen molar-refractivity contribution in [3.63, 3.8) is 0 Å². The number of carboxylic acids is 1. The minimum atomic E-state index is -0.911. The van der Waals surface area contributed by atoms with Crippen molar-refractivity contribution < 1.29 is 14.6 Å². The Morgan fingerprint density at radius 2 is 2.54 bits per heavy atom. The van der Waals surface area contributed by atoms with Crippen molar-refractivity contribution in [1.82, 2.24) is 0 Å². The van der Waals surface area contributed by atoms with E-state index in [0.29, 0.717) is 6.61 Å². The molecule has 13 heavy (non-hydrogen) atoms. The SMILES string of the molecule is O=C(O)C1OCCc2c1csc2Br. The number of rotatable bonds is 1. The van der Waals surface area contributed by atoms with Gasteiger partial charge in [0.05, 0.1) is 10.4 Å². The maximum atomic E-state index is 10.8. The highest BCUT2D eigenvalue weighted by atomic mass is 79.9. The summed E-state index contributed by atoms with van der Waals surface area (Å²) < 4.78 is 6.19.